The standard InChI is InChI=1S/C15H12NO2/c17-15-16-13(11-7-3-1-4-8-11)14(18-15)12-9-5-2-6-10-12/h1-10,13-14H. The average molecular weight is 238 g/mol. The molecule has 0 aromatic heterocycles. The third-order valence-corrected chi connectivity index (χ3v) is 3.03. The number of hydrogen-bond acceptors (Lipinski definition) is 2. The quantitative estimate of drug-likeness (QED) is 0.805. The van der Waals surface area contributed by atoms with Crippen molar-refractivity contribution in [3.05, 3.63) is 71.8 Å². The van der Waals surface area contributed by atoms with Gasteiger partial charge in [-0.3, -0.25) is 0 Å². The van der Waals surface area contributed by atoms with E-state index < -0.39 is 6.09 Å². The maximum absolute atomic E-state index is 11.4. The highest BCUT2D eigenvalue weighted by molar-refractivity contribution is 5.70. The first-order chi connectivity index (χ1) is 8.84. The van der Waals surface area contributed by atoms with Gasteiger partial charge in [0.1, 0.15) is 6.04 Å². The van der Waals surface area contributed by atoms with Crippen LogP contribution in [-0.4, -0.2) is 6.09 Å². The predicted molar refractivity (Wildman–Crippen MR) is 67.0 cm³/mol. The van der Waals surface area contributed by atoms with Crippen molar-refractivity contribution in [1.82, 2.24) is 5.32 Å². The maximum atomic E-state index is 11.4. The van der Waals surface area contributed by atoms with E-state index in [2.05, 4.69) is 5.32 Å². The van der Waals surface area contributed by atoms with Gasteiger partial charge < -0.3 is 4.74 Å². The van der Waals surface area contributed by atoms with Gasteiger partial charge in [-0.1, -0.05) is 60.7 Å². The fraction of sp³-hybridized carbons (Fsp3) is 0.133. The van der Waals surface area contributed by atoms with Gasteiger partial charge in [-0.2, -0.15) is 0 Å². The van der Waals surface area contributed by atoms with Gasteiger partial charge in [0.2, 0.25) is 0 Å². The molecule has 1 heterocycles. The summed E-state index contributed by atoms with van der Waals surface area (Å²) in [7, 11) is 0. The molecule has 0 bridgehead atoms. The molecule has 3 nitrogen and oxygen atoms in total. The molecule has 3 heteroatoms. The fourth-order valence-electron chi connectivity index (χ4n) is 2.18. The van der Waals surface area contributed by atoms with Crippen LogP contribution >= 0.6 is 0 Å². The third-order valence-electron chi connectivity index (χ3n) is 3.03. The number of cyclic esters (lactones) is 1. The van der Waals surface area contributed by atoms with Gasteiger partial charge in [0.15, 0.2) is 6.10 Å². The van der Waals surface area contributed by atoms with Gasteiger partial charge in [0.05, 0.1) is 0 Å². The molecule has 0 N–H and O–H groups in total. The van der Waals surface area contributed by atoms with Crippen molar-refractivity contribution in [2.45, 2.75) is 12.1 Å². The maximum Gasteiger partial charge on any atom is 0.430 e. The van der Waals surface area contributed by atoms with E-state index in [0.29, 0.717) is 0 Å². The number of amides is 1. The molecule has 1 amide bonds. The lowest BCUT2D eigenvalue weighted by atomic mass is 9.97. The number of carbonyl (C=O) groups excluding carboxylic acids is 1. The number of ether oxygens (including phenoxy) is 1. The van der Waals surface area contributed by atoms with E-state index >= 15 is 0 Å². The van der Waals surface area contributed by atoms with Gasteiger partial charge in [0.25, 0.3) is 0 Å². The van der Waals surface area contributed by atoms with E-state index in [1.54, 1.807) is 0 Å². The second-order valence-corrected chi connectivity index (χ2v) is 4.20. The smallest absolute Gasteiger partial charge is 0.430 e. The summed E-state index contributed by atoms with van der Waals surface area (Å²) in [4.78, 5) is 11.4. The summed E-state index contributed by atoms with van der Waals surface area (Å²) in [5.41, 5.74) is 1.97. The molecule has 1 aliphatic heterocycles. The molecule has 2 aromatic rings. The Labute approximate surface area is 105 Å². The lowest BCUT2D eigenvalue weighted by Gasteiger charge is -2.16. The van der Waals surface area contributed by atoms with Crippen molar-refractivity contribution in [2.75, 3.05) is 0 Å². The largest absolute Gasteiger partial charge is 0.437 e. The van der Waals surface area contributed by atoms with Crippen LogP contribution in [0.15, 0.2) is 60.7 Å². The Balaban J connectivity index is 1.96. The van der Waals surface area contributed by atoms with Crippen molar-refractivity contribution < 1.29 is 9.53 Å². The Bertz CT molecular complexity index is 489. The van der Waals surface area contributed by atoms with Crippen LogP contribution in [0.4, 0.5) is 4.79 Å². The molecule has 1 aliphatic rings. The van der Waals surface area contributed by atoms with Crippen molar-refractivity contribution in [2.24, 2.45) is 0 Å². The Kier molecular flexibility index (Phi) is 2.73. The zero-order chi connectivity index (χ0) is 12.4. The Morgan fingerprint density at radius 2 is 1.39 bits per heavy atom. The monoisotopic (exact) mass is 238 g/mol. The molecular formula is C15H12NO2. The molecule has 0 aliphatic carbocycles. The highest BCUT2D eigenvalue weighted by Gasteiger charge is 2.37. The van der Waals surface area contributed by atoms with E-state index in [-0.39, 0.29) is 12.1 Å². The van der Waals surface area contributed by atoms with E-state index in [9.17, 15) is 4.79 Å². The van der Waals surface area contributed by atoms with Gasteiger partial charge in [-0.05, 0) is 11.1 Å². The highest BCUT2D eigenvalue weighted by atomic mass is 16.6. The van der Waals surface area contributed by atoms with Crippen molar-refractivity contribution in [3.8, 4) is 0 Å². The SMILES string of the molecule is O=C1[N]C(c2ccccc2)C(c2ccccc2)O1. The molecule has 2 unspecified atom stereocenters. The molecule has 0 spiro atoms. The molecule has 3 rings (SSSR count). The summed E-state index contributed by atoms with van der Waals surface area (Å²) in [5, 5.41) is 4.06. The highest BCUT2D eigenvalue weighted by Crippen LogP contribution is 2.37. The zero-order valence-electron chi connectivity index (χ0n) is 9.69. The summed E-state index contributed by atoms with van der Waals surface area (Å²) in [6, 6.07) is 19.2. The molecule has 1 radical (unpaired) electrons. The lowest BCUT2D eigenvalue weighted by molar-refractivity contribution is 0.132. The fourth-order valence-corrected chi connectivity index (χ4v) is 2.18. The van der Waals surface area contributed by atoms with Crippen molar-refractivity contribution >= 4 is 6.09 Å². The molecule has 1 saturated heterocycles. The van der Waals surface area contributed by atoms with Crippen molar-refractivity contribution in [1.29, 1.82) is 0 Å². The summed E-state index contributed by atoms with van der Waals surface area (Å²) in [6.07, 6.45) is -0.807. The topological polar surface area (TPSA) is 40.4 Å². The van der Waals surface area contributed by atoms with Gasteiger partial charge in [-0.25, -0.2) is 10.1 Å². The second-order valence-electron chi connectivity index (χ2n) is 4.20. The Morgan fingerprint density at radius 1 is 0.833 bits per heavy atom. The molecular weight excluding hydrogens is 226 g/mol. The number of carbonyl (C=O) groups is 1. The Hall–Kier alpha value is -2.29. The van der Waals surface area contributed by atoms with Crippen LogP contribution in [-0.2, 0) is 4.74 Å². The van der Waals surface area contributed by atoms with Crippen LogP contribution in [0.3, 0.4) is 0 Å². The normalized spacial score (nSPS) is 22.3. The van der Waals surface area contributed by atoms with Crippen LogP contribution in [0.25, 0.3) is 0 Å². The lowest BCUT2D eigenvalue weighted by Crippen LogP contribution is -2.12. The molecule has 18 heavy (non-hydrogen) atoms. The first kappa shape index (κ1) is 10.8. The number of rotatable bonds is 2. The van der Waals surface area contributed by atoms with Crippen LogP contribution in [0, 0.1) is 0 Å². The van der Waals surface area contributed by atoms with Crippen molar-refractivity contribution in [3.63, 3.8) is 0 Å². The minimum atomic E-state index is -0.488. The Morgan fingerprint density at radius 3 is 2.00 bits per heavy atom. The first-order valence-corrected chi connectivity index (χ1v) is 5.86. The molecule has 89 valence electrons. The molecule has 1 fully saturated rings. The summed E-state index contributed by atoms with van der Waals surface area (Å²) < 4.78 is 5.31. The van der Waals surface area contributed by atoms with Crippen LogP contribution in [0.2, 0.25) is 0 Å². The molecule has 2 aromatic carbocycles. The minimum absolute atomic E-state index is 0.249. The summed E-state index contributed by atoms with van der Waals surface area (Å²) >= 11 is 0. The van der Waals surface area contributed by atoms with Crippen LogP contribution in [0.5, 0.6) is 0 Å². The second kappa shape index (κ2) is 4.53. The number of hydrogen-bond donors (Lipinski definition) is 0. The average Bonchev–Trinajstić information content (AvgIpc) is 2.83. The van der Waals surface area contributed by atoms with Gasteiger partial charge in [-0.15, -0.1) is 0 Å². The van der Waals surface area contributed by atoms with Gasteiger partial charge in [0, 0.05) is 0 Å². The molecule has 0 saturated carbocycles. The first-order valence-electron chi connectivity index (χ1n) is 5.86. The third kappa shape index (κ3) is 1.95. The van der Waals surface area contributed by atoms with Crippen LogP contribution in [0.1, 0.15) is 23.3 Å². The number of nitrogens with zero attached hydrogens (tertiary/aromatic N) is 1. The molecule has 2 atom stereocenters. The summed E-state index contributed by atoms with van der Waals surface area (Å²) in [5.74, 6) is 0. The van der Waals surface area contributed by atoms with Crippen LogP contribution < -0.4 is 5.32 Å². The van der Waals surface area contributed by atoms with E-state index in [1.807, 2.05) is 60.7 Å². The number of benzene rings is 2. The van der Waals surface area contributed by atoms with Gasteiger partial charge >= 0.3 is 6.09 Å². The van der Waals surface area contributed by atoms with E-state index in [1.165, 1.54) is 0 Å². The minimum Gasteiger partial charge on any atom is -0.437 e. The van der Waals surface area contributed by atoms with E-state index in [4.69, 9.17) is 4.74 Å². The summed E-state index contributed by atoms with van der Waals surface area (Å²) in [6.45, 7) is 0. The predicted octanol–water partition coefficient (Wildman–Crippen LogP) is 3.22. The zero-order valence-corrected chi connectivity index (χ0v) is 9.69. The van der Waals surface area contributed by atoms with E-state index in [0.717, 1.165) is 11.1 Å².